The van der Waals surface area contributed by atoms with Crippen LogP contribution in [0.15, 0.2) is 24.3 Å². The zero-order valence-corrected chi connectivity index (χ0v) is 12.6. The zero-order chi connectivity index (χ0) is 14.9. The van der Waals surface area contributed by atoms with Gasteiger partial charge >= 0.3 is 0 Å². The summed E-state index contributed by atoms with van der Waals surface area (Å²) < 4.78 is 0. The van der Waals surface area contributed by atoms with E-state index in [2.05, 4.69) is 11.4 Å². The fourth-order valence-corrected chi connectivity index (χ4v) is 3.69. The molecule has 1 atom stereocenters. The Morgan fingerprint density at radius 3 is 2.81 bits per heavy atom. The maximum Gasteiger partial charge on any atom is 0.241 e. The van der Waals surface area contributed by atoms with Crippen LogP contribution in [0.3, 0.4) is 0 Å². The summed E-state index contributed by atoms with van der Waals surface area (Å²) in [6.07, 6.45) is 5.58. The highest BCUT2D eigenvalue weighted by atomic mass is 16.3. The highest BCUT2D eigenvalue weighted by Crippen LogP contribution is 2.31. The number of fused-ring (bicyclic) bond motifs is 1. The average Bonchev–Trinajstić information content (AvgIpc) is 2.79. The molecular formula is C17H24N2O2. The molecule has 4 heteroatoms. The molecule has 114 valence electrons. The van der Waals surface area contributed by atoms with E-state index in [4.69, 9.17) is 0 Å². The highest BCUT2D eigenvalue weighted by Gasteiger charge is 2.36. The van der Waals surface area contributed by atoms with E-state index in [1.165, 1.54) is 5.56 Å². The molecule has 0 bridgehead atoms. The third-order valence-corrected chi connectivity index (χ3v) is 4.88. The number of benzene rings is 1. The van der Waals surface area contributed by atoms with Crippen LogP contribution in [0.4, 0.5) is 5.69 Å². The topological polar surface area (TPSA) is 52.6 Å². The first-order valence-corrected chi connectivity index (χ1v) is 7.89. The molecule has 3 rings (SSSR count). The van der Waals surface area contributed by atoms with Crippen LogP contribution in [0.25, 0.3) is 0 Å². The Bertz CT molecular complexity index is 523. The summed E-state index contributed by atoms with van der Waals surface area (Å²) in [5, 5.41) is 13.6. The minimum Gasteiger partial charge on any atom is -0.389 e. The van der Waals surface area contributed by atoms with Gasteiger partial charge in [0.15, 0.2) is 0 Å². The van der Waals surface area contributed by atoms with Gasteiger partial charge in [0, 0.05) is 12.2 Å². The lowest BCUT2D eigenvalue weighted by Crippen LogP contribution is -2.48. The number of anilines is 1. The largest absolute Gasteiger partial charge is 0.389 e. The van der Waals surface area contributed by atoms with E-state index in [0.717, 1.165) is 44.2 Å². The van der Waals surface area contributed by atoms with E-state index in [0.29, 0.717) is 6.54 Å². The smallest absolute Gasteiger partial charge is 0.241 e. The van der Waals surface area contributed by atoms with Crippen molar-refractivity contribution in [2.75, 3.05) is 18.9 Å². The lowest BCUT2D eigenvalue weighted by atomic mass is 9.99. The van der Waals surface area contributed by atoms with Crippen molar-refractivity contribution in [3.8, 4) is 0 Å². The van der Waals surface area contributed by atoms with Crippen molar-refractivity contribution >= 4 is 11.6 Å². The van der Waals surface area contributed by atoms with Crippen LogP contribution in [0.1, 0.15) is 37.7 Å². The number of hydrogen-bond acceptors (Lipinski definition) is 3. The van der Waals surface area contributed by atoms with Gasteiger partial charge in [-0.1, -0.05) is 31.0 Å². The maximum atomic E-state index is 12.5. The number of para-hydroxylation sites is 1. The normalized spacial score (nSPS) is 24.5. The number of aliphatic hydroxyl groups is 1. The first-order valence-electron chi connectivity index (χ1n) is 7.89. The first kappa shape index (κ1) is 14.5. The van der Waals surface area contributed by atoms with E-state index >= 15 is 0 Å². The molecule has 1 heterocycles. The van der Waals surface area contributed by atoms with Gasteiger partial charge in [-0.25, -0.2) is 0 Å². The molecule has 1 aromatic carbocycles. The molecule has 0 radical (unpaired) electrons. The third-order valence-electron chi connectivity index (χ3n) is 4.88. The lowest BCUT2D eigenvalue weighted by molar-refractivity contribution is -0.122. The molecule has 1 aromatic rings. The summed E-state index contributed by atoms with van der Waals surface area (Å²) in [5.74, 6) is 0.0454. The summed E-state index contributed by atoms with van der Waals surface area (Å²) in [5.41, 5.74) is 1.52. The van der Waals surface area contributed by atoms with Crippen molar-refractivity contribution in [1.29, 1.82) is 0 Å². The number of amides is 1. The number of hydrogen-bond donors (Lipinski definition) is 2. The van der Waals surface area contributed by atoms with E-state index in [1.807, 2.05) is 30.1 Å². The Morgan fingerprint density at radius 2 is 2.05 bits per heavy atom. The van der Waals surface area contributed by atoms with Crippen molar-refractivity contribution < 1.29 is 9.90 Å². The van der Waals surface area contributed by atoms with Gasteiger partial charge in [-0.3, -0.25) is 9.69 Å². The first-order chi connectivity index (χ1) is 10.1. The van der Waals surface area contributed by atoms with Crippen LogP contribution in [0.2, 0.25) is 0 Å². The number of carbonyl (C=O) groups is 1. The average molecular weight is 288 g/mol. The summed E-state index contributed by atoms with van der Waals surface area (Å²) in [6.45, 7) is 0.585. The number of nitrogens with one attached hydrogen (secondary N) is 1. The van der Waals surface area contributed by atoms with Gasteiger partial charge < -0.3 is 10.4 Å². The molecule has 1 unspecified atom stereocenters. The van der Waals surface area contributed by atoms with Crippen LogP contribution < -0.4 is 5.32 Å². The van der Waals surface area contributed by atoms with Crippen LogP contribution in [0.5, 0.6) is 0 Å². The SMILES string of the molecule is CN(CC1(O)CCCC1)C1CCc2ccccc2NC1=O. The fourth-order valence-electron chi connectivity index (χ4n) is 3.69. The monoisotopic (exact) mass is 288 g/mol. The molecular weight excluding hydrogens is 264 g/mol. The summed E-state index contributed by atoms with van der Waals surface area (Å²) in [7, 11) is 1.95. The number of nitrogens with zero attached hydrogens (tertiary/aromatic N) is 1. The van der Waals surface area contributed by atoms with Gasteiger partial charge in [0.05, 0.1) is 11.6 Å². The van der Waals surface area contributed by atoms with E-state index < -0.39 is 5.60 Å². The predicted molar refractivity (Wildman–Crippen MR) is 83.2 cm³/mol. The van der Waals surface area contributed by atoms with Gasteiger partial charge in [0.1, 0.15) is 0 Å². The molecule has 1 aliphatic carbocycles. The van der Waals surface area contributed by atoms with E-state index in [1.54, 1.807) is 0 Å². The standard InChI is InChI=1S/C17H24N2O2/c1-19(12-17(21)10-4-5-11-17)15-9-8-13-6-2-3-7-14(13)18-16(15)20/h2-3,6-7,15,21H,4-5,8-12H2,1H3,(H,18,20). The minimum atomic E-state index is -0.603. The lowest BCUT2D eigenvalue weighted by Gasteiger charge is -2.32. The second-order valence-corrected chi connectivity index (χ2v) is 6.55. The Labute approximate surface area is 126 Å². The van der Waals surface area contributed by atoms with Crippen LogP contribution >= 0.6 is 0 Å². The zero-order valence-electron chi connectivity index (χ0n) is 12.6. The van der Waals surface area contributed by atoms with Gasteiger partial charge in [0.2, 0.25) is 5.91 Å². The minimum absolute atomic E-state index is 0.0454. The van der Waals surface area contributed by atoms with Gasteiger partial charge in [0.25, 0.3) is 0 Å². The molecule has 0 aromatic heterocycles. The van der Waals surface area contributed by atoms with Crippen LogP contribution in [0, 0.1) is 0 Å². The maximum absolute atomic E-state index is 12.5. The third kappa shape index (κ3) is 3.11. The van der Waals surface area contributed by atoms with Gasteiger partial charge in [-0.2, -0.15) is 0 Å². The second-order valence-electron chi connectivity index (χ2n) is 6.55. The van der Waals surface area contributed by atoms with Crippen molar-refractivity contribution in [2.24, 2.45) is 0 Å². The highest BCUT2D eigenvalue weighted by molar-refractivity contribution is 5.96. The predicted octanol–water partition coefficient (Wildman–Crippen LogP) is 2.18. The molecule has 2 aliphatic rings. The number of rotatable bonds is 3. The molecule has 1 fully saturated rings. The molecule has 0 saturated heterocycles. The Morgan fingerprint density at radius 1 is 1.33 bits per heavy atom. The van der Waals surface area contributed by atoms with Crippen molar-refractivity contribution in [3.05, 3.63) is 29.8 Å². The summed E-state index contributed by atoms with van der Waals surface area (Å²) in [4.78, 5) is 14.5. The molecule has 2 N–H and O–H groups in total. The van der Waals surface area contributed by atoms with E-state index in [9.17, 15) is 9.90 Å². The fraction of sp³-hybridized carbons (Fsp3) is 0.588. The molecule has 1 amide bonds. The van der Waals surface area contributed by atoms with Crippen molar-refractivity contribution in [2.45, 2.75) is 50.2 Å². The molecule has 4 nitrogen and oxygen atoms in total. The van der Waals surface area contributed by atoms with Crippen LogP contribution in [-0.4, -0.2) is 41.1 Å². The summed E-state index contributed by atoms with van der Waals surface area (Å²) in [6, 6.07) is 7.82. The Hall–Kier alpha value is -1.39. The number of aryl methyl sites for hydroxylation is 1. The van der Waals surface area contributed by atoms with Crippen molar-refractivity contribution in [3.63, 3.8) is 0 Å². The number of likely N-dealkylation sites (N-methyl/N-ethyl adjacent to an activating group) is 1. The molecule has 0 spiro atoms. The second kappa shape index (κ2) is 5.78. The summed E-state index contributed by atoms with van der Waals surface area (Å²) >= 11 is 0. The number of carbonyl (C=O) groups excluding carboxylic acids is 1. The quantitative estimate of drug-likeness (QED) is 0.896. The van der Waals surface area contributed by atoms with Crippen molar-refractivity contribution in [1.82, 2.24) is 4.90 Å². The van der Waals surface area contributed by atoms with Gasteiger partial charge in [-0.15, -0.1) is 0 Å². The van der Waals surface area contributed by atoms with Gasteiger partial charge in [-0.05, 0) is 44.4 Å². The Kier molecular flexibility index (Phi) is 4.00. The van der Waals surface area contributed by atoms with Crippen LogP contribution in [-0.2, 0) is 11.2 Å². The van der Waals surface area contributed by atoms with E-state index in [-0.39, 0.29) is 11.9 Å². The molecule has 21 heavy (non-hydrogen) atoms. The molecule has 1 saturated carbocycles. The molecule has 1 aliphatic heterocycles. The Balaban J connectivity index is 1.70.